The third-order valence-corrected chi connectivity index (χ3v) is 7.32. The molecule has 9 heteroatoms. The number of aliphatic hydroxyl groups excluding tert-OH is 1. The molecule has 2 N–H and O–H groups in total. The highest BCUT2D eigenvalue weighted by Crippen LogP contribution is 2.45. The lowest BCUT2D eigenvalue weighted by Crippen LogP contribution is -2.40. The molecule has 208 valence electrons. The van der Waals surface area contributed by atoms with E-state index in [2.05, 4.69) is 4.98 Å². The van der Waals surface area contributed by atoms with Gasteiger partial charge in [0, 0.05) is 18.2 Å². The Bertz CT molecular complexity index is 1500. The number of nitrogens with zero attached hydrogens (tertiary/aromatic N) is 1. The summed E-state index contributed by atoms with van der Waals surface area (Å²) >= 11 is 0. The second kappa shape index (κ2) is 11.5. The first-order valence-corrected chi connectivity index (χ1v) is 13.0. The van der Waals surface area contributed by atoms with Crippen LogP contribution in [0.4, 0.5) is 0 Å². The Kier molecular flexibility index (Phi) is 7.88. The SMILES string of the molecule is COc1ccc(C(O[C@@H]2C[C@H](n3cc(C)c(=O)[nH]c3=O)O[C@@H]2CO)(c2ccccc2)c2ccc(OC)cc2)cc1. The lowest BCUT2D eigenvalue weighted by molar-refractivity contribution is -0.0994. The van der Waals surface area contributed by atoms with Gasteiger partial charge in [0.2, 0.25) is 0 Å². The smallest absolute Gasteiger partial charge is 0.330 e. The molecule has 0 amide bonds. The van der Waals surface area contributed by atoms with E-state index in [1.54, 1.807) is 21.1 Å². The lowest BCUT2D eigenvalue weighted by atomic mass is 9.79. The summed E-state index contributed by atoms with van der Waals surface area (Å²) in [5, 5.41) is 10.3. The summed E-state index contributed by atoms with van der Waals surface area (Å²) in [6, 6.07) is 25.1. The van der Waals surface area contributed by atoms with Crippen molar-refractivity contribution in [2.75, 3.05) is 20.8 Å². The zero-order chi connectivity index (χ0) is 28.3. The molecule has 0 unspecified atom stereocenters. The number of rotatable bonds is 9. The Morgan fingerprint density at radius 2 is 1.45 bits per heavy atom. The topological polar surface area (TPSA) is 112 Å². The Labute approximate surface area is 231 Å². The summed E-state index contributed by atoms with van der Waals surface area (Å²) in [6.45, 7) is 1.30. The lowest BCUT2D eigenvalue weighted by Gasteiger charge is -2.39. The average Bonchev–Trinajstić information content (AvgIpc) is 3.40. The number of aromatic amines is 1. The van der Waals surface area contributed by atoms with Gasteiger partial charge < -0.3 is 24.1 Å². The maximum absolute atomic E-state index is 12.7. The van der Waals surface area contributed by atoms with Gasteiger partial charge in [-0.15, -0.1) is 0 Å². The van der Waals surface area contributed by atoms with Crippen molar-refractivity contribution in [2.24, 2.45) is 0 Å². The predicted molar refractivity (Wildman–Crippen MR) is 149 cm³/mol. The van der Waals surface area contributed by atoms with Gasteiger partial charge >= 0.3 is 5.69 Å². The number of H-pyrrole nitrogens is 1. The Morgan fingerprint density at radius 1 is 0.900 bits per heavy atom. The minimum absolute atomic E-state index is 0.261. The molecule has 9 nitrogen and oxygen atoms in total. The number of aromatic nitrogens is 2. The summed E-state index contributed by atoms with van der Waals surface area (Å²) < 4.78 is 25.4. The van der Waals surface area contributed by atoms with Crippen LogP contribution in [-0.2, 0) is 15.1 Å². The molecule has 0 aliphatic carbocycles. The van der Waals surface area contributed by atoms with Crippen molar-refractivity contribution in [1.82, 2.24) is 9.55 Å². The first kappa shape index (κ1) is 27.4. The summed E-state index contributed by atoms with van der Waals surface area (Å²) in [6.07, 6.45) is -0.370. The molecule has 1 saturated heterocycles. The van der Waals surface area contributed by atoms with Crippen LogP contribution in [0.3, 0.4) is 0 Å². The highest BCUT2D eigenvalue weighted by Gasteiger charge is 2.46. The van der Waals surface area contributed by atoms with Crippen LogP contribution in [0.1, 0.15) is 34.9 Å². The summed E-state index contributed by atoms with van der Waals surface area (Å²) in [5.41, 5.74) is 0.752. The molecule has 1 fully saturated rings. The number of benzene rings is 3. The fourth-order valence-corrected chi connectivity index (χ4v) is 5.21. The van der Waals surface area contributed by atoms with Crippen molar-refractivity contribution >= 4 is 0 Å². The second-order valence-corrected chi connectivity index (χ2v) is 9.69. The van der Waals surface area contributed by atoms with Crippen LogP contribution in [0.5, 0.6) is 11.5 Å². The summed E-state index contributed by atoms with van der Waals surface area (Å²) in [7, 11) is 3.23. The molecular weight excluding hydrogens is 512 g/mol. The van der Waals surface area contributed by atoms with Crippen LogP contribution in [0.15, 0.2) is 94.6 Å². The van der Waals surface area contributed by atoms with Gasteiger partial charge in [-0.1, -0.05) is 54.6 Å². The molecule has 4 aromatic rings. The van der Waals surface area contributed by atoms with Gasteiger partial charge in [-0.05, 0) is 47.9 Å². The molecular formula is C31H32N2O7. The van der Waals surface area contributed by atoms with E-state index in [-0.39, 0.29) is 13.0 Å². The van der Waals surface area contributed by atoms with Crippen molar-refractivity contribution in [3.8, 4) is 11.5 Å². The van der Waals surface area contributed by atoms with Crippen LogP contribution >= 0.6 is 0 Å². The van der Waals surface area contributed by atoms with Crippen LogP contribution < -0.4 is 20.7 Å². The van der Waals surface area contributed by atoms with Crippen LogP contribution in [-0.4, -0.2) is 47.7 Å². The Morgan fingerprint density at radius 3 is 1.98 bits per heavy atom. The molecule has 3 aromatic carbocycles. The molecule has 1 aromatic heterocycles. The van der Waals surface area contributed by atoms with E-state index < -0.39 is 35.3 Å². The molecule has 0 radical (unpaired) electrons. The van der Waals surface area contributed by atoms with E-state index in [4.69, 9.17) is 18.9 Å². The van der Waals surface area contributed by atoms with E-state index in [0.29, 0.717) is 17.1 Å². The zero-order valence-electron chi connectivity index (χ0n) is 22.6. The summed E-state index contributed by atoms with van der Waals surface area (Å²) in [4.78, 5) is 26.9. The van der Waals surface area contributed by atoms with Gasteiger partial charge in [-0.25, -0.2) is 4.79 Å². The standard InChI is InChI=1S/C31H32N2O7/c1-20-18-33(30(36)32-29(20)35)28-17-26(27(19-34)39-28)40-31(21-7-5-4-6-8-21,22-9-13-24(37-2)14-10-22)23-11-15-25(38-3)16-12-23/h4-16,18,26-28,34H,17,19H2,1-3H3,(H,32,35,36)/t26-,27-,28-/m1/s1. The molecule has 0 bridgehead atoms. The van der Waals surface area contributed by atoms with Crippen molar-refractivity contribution < 1.29 is 24.1 Å². The van der Waals surface area contributed by atoms with Crippen LogP contribution in [0.25, 0.3) is 0 Å². The second-order valence-electron chi connectivity index (χ2n) is 9.69. The normalized spacial score (nSPS) is 18.9. The quantitative estimate of drug-likeness (QED) is 0.310. The molecule has 40 heavy (non-hydrogen) atoms. The number of aryl methyl sites for hydroxylation is 1. The third-order valence-electron chi connectivity index (χ3n) is 7.32. The fourth-order valence-electron chi connectivity index (χ4n) is 5.21. The van der Waals surface area contributed by atoms with Gasteiger partial charge in [-0.2, -0.15) is 0 Å². The third kappa shape index (κ3) is 5.06. The van der Waals surface area contributed by atoms with Crippen molar-refractivity contribution in [1.29, 1.82) is 0 Å². The van der Waals surface area contributed by atoms with E-state index in [9.17, 15) is 14.7 Å². The van der Waals surface area contributed by atoms with E-state index in [1.807, 2.05) is 78.9 Å². The minimum Gasteiger partial charge on any atom is -0.497 e. The number of ether oxygens (including phenoxy) is 4. The van der Waals surface area contributed by atoms with Crippen LogP contribution in [0.2, 0.25) is 0 Å². The van der Waals surface area contributed by atoms with E-state index >= 15 is 0 Å². The molecule has 1 aliphatic heterocycles. The number of hydrogen-bond acceptors (Lipinski definition) is 7. The first-order chi connectivity index (χ1) is 19.4. The van der Waals surface area contributed by atoms with Gasteiger partial charge in [0.05, 0.1) is 26.9 Å². The molecule has 3 atom stereocenters. The van der Waals surface area contributed by atoms with Crippen molar-refractivity contribution in [2.45, 2.75) is 37.4 Å². The number of nitrogens with one attached hydrogen (secondary N) is 1. The van der Waals surface area contributed by atoms with Crippen molar-refractivity contribution in [3.05, 3.63) is 128 Å². The summed E-state index contributed by atoms with van der Waals surface area (Å²) in [5.74, 6) is 1.40. The maximum atomic E-state index is 12.7. The van der Waals surface area contributed by atoms with Gasteiger partial charge in [0.15, 0.2) is 0 Å². The maximum Gasteiger partial charge on any atom is 0.330 e. The monoisotopic (exact) mass is 544 g/mol. The van der Waals surface area contributed by atoms with Gasteiger partial charge in [0.25, 0.3) is 5.56 Å². The van der Waals surface area contributed by atoms with Crippen LogP contribution in [0, 0.1) is 6.92 Å². The van der Waals surface area contributed by atoms with Crippen molar-refractivity contribution in [3.63, 3.8) is 0 Å². The molecule has 5 rings (SSSR count). The predicted octanol–water partition coefficient (Wildman–Crippen LogP) is 3.52. The zero-order valence-corrected chi connectivity index (χ0v) is 22.6. The number of aliphatic hydroxyl groups is 1. The highest BCUT2D eigenvalue weighted by molar-refractivity contribution is 5.50. The Hall–Kier alpha value is -4.18. The Balaban J connectivity index is 1.65. The molecule has 1 aliphatic rings. The van der Waals surface area contributed by atoms with E-state index in [0.717, 1.165) is 16.7 Å². The fraction of sp³-hybridized carbons (Fsp3) is 0.290. The molecule has 0 spiro atoms. The molecule has 2 heterocycles. The minimum atomic E-state index is -1.12. The highest BCUT2D eigenvalue weighted by atomic mass is 16.6. The van der Waals surface area contributed by atoms with Gasteiger partial charge in [0.1, 0.15) is 29.4 Å². The van der Waals surface area contributed by atoms with Gasteiger partial charge in [-0.3, -0.25) is 14.3 Å². The number of hydrogen-bond donors (Lipinski definition) is 2. The van der Waals surface area contributed by atoms with E-state index in [1.165, 1.54) is 10.8 Å². The molecule has 0 saturated carbocycles. The average molecular weight is 545 g/mol. The largest absolute Gasteiger partial charge is 0.497 e. The first-order valence-electron chi connectivity index (χ1n) is 13.0. The number of methoxy groups -OCH3 is 2.